The number of aromatic nitrogens is 1. The lowest BCUT2D eigenvalue weighted by Crippen LogP contribution is -1.82. The second-order valence-corrected chi connectivity index (χ2v) is 3.05. The van der Waals surface area contributed by atoms with Crippen molar-refractivity contribution < 1.29 is 0 Å². The van der Waals surface area contributed by atoms with Crippen LogP contribution in [0.25, 0.3) is 0 Å². The van der Waals surface area contributed by atoms with E-state index in [0.717, 1.165) is 5.03 Å². The van der Waals surface area contributed by atoms with Crippen LogP contribution in [-0.4, -0.2) is 11.2 Å². The number of thioether (sulfide) groups is 1. The van der Waals surface area contributed by atoms with E-state index in [1.165, 1.54) is 18.0 Å². The monoisotopic (exact) mass is 184 g/mol. The minimum atomic E-state index is 0.408. The van der Waals surface area contributed by atoms with Crippen LogP contribution in [-0.2, 0) is 0 Å². The molecule has 0 radical (unpaired) electrons. The zero-order valence-electron chi connectivity index (χ0n) is 5.84. The highest BCUT2D eigenvalue weighted by atomic mass is 35.5. The van der Waals surface area contributed by atoms with Gasteiger partial charge < -0.3 is 0 Å². The van der Waals surface area contributed by atoms with Gasteiger partial charge in [0.1, 0.15) is 6.07 Å². The highest BCUT2D eigenvalue weighted by molar-refractivity contribution is 7.98. The van der Waals surface area contributed by atoms with Gasteiger partial charge in [0, 0.05) is 6.20 Å². The highest BCUT2D eigenvalue weighted by Crippen LogP contribution is 2.18. The third-order valence-corrected chi connectivity index (χ3v) is 2.10. The van der Waals surface area contributed by atoms with Crippen molar-refractivity contribution in [1.29, 1.82) is 5.26 Å². The predicted molar refractivity (Wildman–Crippen MR) is 45.7 cm³/mol. The number of rotatable bonds is 1. The summed E-state index contributed by atoms with van der Waals surface area (Å²) in [5.74, 6) is 0. The third kappa shape index (κ3) is 1.86. The van der Waals surface area contributed by atoms with Crippen LogP contribution in [0.15, 0.2) is 17.3 Å². The summed E-state index contributed by atoms with van der Waals surface area (Å²) in [5.41, 5.74) is 0.478. The molecule has 0 bridgehead atoms. The minimum Gasteiger partial charge on any atom is -0.248 e. The number of nitrogens with zero attached hydrogens (tertiary/aromatic N) is 2. The van der Waals surface area contributed by atoms with Crippen molar-refractivity contribution in [3.8, 4) is 6.07 Å². The second kappa shape index (κ2) is 3.61. The largest absolute Gasteiger partial charge is 0.248 e. The van der Waals surface area contributed by atoms with Gasteiger partial charge in [-0.3, -0.25) is 0 Å². The van der Waals surface area contributed by atoms with Crippen molar-refractivity contribution in [3.63, 3.8) is 0 Å². The molecule has 0 saturated heterocycles. The molecule has 0 aromatic carbocycles. The lowest BCUT2D eigenvalue weighted by molar-refractivity contribution is 1.13. The molecular weight excluding hydrogens is 180 g/mol. The average molecular weight is 185 g/mol. The molecule has 1 aromatic heterocycles. The summed E-state index contributed by atoms with van der Waals surface area (Å²) in [7, 11) is 0. The van der Waals surface area contributed by atoms with Crippen LogP contribution >= 0.6 is 23.4 Å². The Morgan fingerprint density at radius 1 is 1.73 bits per heavy atom. The third-order valence-electron chi connectivity index (χ3n) is 1.16. The zero-order valence-corrected chi connectivity index (χ0v) is 7.41. The fourth-order valence-electron chi connectivity index (χ4n) is 0.617. The Morgan fingerprint density at radius 3 is 3.00 bits per heavy atom. The van der Waals surface area contributed by atoms with Crippen LogP contribution in [0.2, 0.25) is 5.02 Å². The Bertz CT molecular complexity index is 306. The van der Waals surface area contributed by atoms with Crippen LogP contribution in [0.3, 0.4) is 0 Å². The van der Waals surface area contributed by atoms with Gasteiger partial charge in [0.15, 0.2) is 0 Å². The van der Waals surface area contributed by atoms with E-state index in [1.807, 2.05) is 12.3 Å². The Hall–Kier alpha value is -0.720. The number of pyridine rings is 1. The van der Waals surface area contributed by atoms with E-state index in [0.29, 0.717) is 10.6 Å². The molecule has 0 amide bonds. The molecule has 0 fully saturated rings. The van der Waals surface area contributed by atoms with Crippen molar-refractivity contribution in [2.45, 2.75) is 5.03 Å². The van der Waals surface area contributed by atoms with E-state index >= 15 is 0 Å². The topological polar surface area (TPSA) is 36.7 Å². The maximum atomic E-state index is 8.57. The molecule has 0 aliphatic carbocycles. The molecule has 1 heterocycles. The molecule has 1 rings (SSSR count). The molecular formula is C7H5ClN2S. The van der Waals surface area contributed by atoms with Gasteiger partial charge in [0.2, 0.25) is 0 Å². The fraction of sp³-hybridized carbons (Fsp3) is 0.143. The van der Waals surface area contributed by atoms with Crippen molar-refractivity contribution in [3.05, 3.63) is 22.8 Å². The summed E-state index contributed by atoms with van der Waals surface area (Å²) in [6.07, 6.45) is 3.39. The Morgan fingerprint density at radius 2 is 2.45 bits per heavy atom. The van der Waals surface area contributed by atoms with E-state index in [-0.39, 0.29) is 0 Å². The quantitative estimate of drug-likeness (QED) is 0.629. The van der Waals surface area contributed by atoms with Crippen LogP contribution < -0.4 is 0 Å². The van der Waals surface area contributed by atoms with E-state index < -0.39 is 0 Å². The highest BCUT2D eigenvalue weighted by Gasteiger charge is 2.00. The molecule has 0 saturated carbocycles. The molecule has 0 N–H and O–H groups in total. The van der Waals surface area contributed by atoms with E-state index in [9.17, 15) is 0 Å². The van der Waals surface area contributed by atoms with Crippen molar-refractivity contribution in [2.75, 3.05) is 6.26 Å². The maximum Gasteiger partial charge on any atom is 0.101 e. The van der Waals surface area contributed by atoms with Crippen molar-refractivity contribution in [1.82, 2.24) is 4.98 Å². The summed E-state index contributed by atoms with van der Waals surface area (Å²) in [4.78, 5) is 3.99. The van der Waals surface area contributed by atoms with Crippen molar-refractivity contribution >= 4 is 23.4 Å². The molecule has 0 aliphatic rings. The van der Waals surface area contributed by atoms with Crippen LogP contribution in [0.4, 0.5) is 0 Å². The molecule has 0 aliphatic heterocycles. The van der Waals surface area contributed by atoms with Gasteiger partial charge in [-0.15, -0.1) is 11.8 Å². The average Bonchev–Trinajstić information content (AvgIpc) is 2.05. The van der Waals surface area contributed by atoms with E-state index in [1.54, 1.807) is 6.07 Å². The molecule has 1 aromatic rings. The van der Waals surface area contributed by atoms with Gasteiger partial charge >= 0.3 is 0 Å². The number of hydrogen-bond acceptors (Lipinski definition) is 3. The Labute approximate surface area is 74.2 Å². The normalized spacial score (nSPS) is 9.18. The standard InChI is InChI=1S/C7H5ClN2S/c1-11-7-2-5(3-9)6(8)4-10-7/h2,4H,1H3. The molecule has 0 atom stereocenters. The number of nitriles is 1. The summed E-state index contributed by atoms with van der Waals surface area (Å²) in [6.45, 7) is 0. The van der Waals surface area contributed by atoms with Gasteiger partial charge in [-0.1, -0.05) is 11.6 Å². The van der Waals surface area contributed by atoms with Crippen LogP contribution in [0.5, 0.6) is 0 Å². The second-order valence-electron chi connectivity index (χ2n) is 1.82. The lowest BCUT2D eigenvalue weighted by Gasteiger charge is -1.96. The summed E-state index contributed by atoms with van der Waals surface area (Å²) in [6, 6.07) is 3.66. The first-order valence-corrected chi connectivity index (χ1v) is 4.48. The Balaban J connectivity index is 3.15. The molecule has 0 unspecified atom stereocenters. The maximum absolute atomic E-state index is 8.57. The van der Waals surface area contributed by atoms with Crippen molar-refractivity contribution in [2.24, 2.45) is 0 Å². The fourth-order valence-corrected chi connectivity index (χ4v) is 1.16. The van der Waals surface area contributed by atoms with Crippen LogP contribution in [0.1, 0.15) is 5.56 Å². The molecule has 0 spiro atoms. The number of hydrogen-bond donors (Lipinski definition) is 0. The van der Waals surface area contributed by atoms with Gasteiger partial charge in [-0.05, 0) is 12.3 Å². The molecule has 2 nitrogen and oxygen atoms in total. The SMILES string of the molecule is CSc1cc(C#N)c(Cl)cn1. The number of halogens is 1. The summed E-state index contributed by atoms with van der Waals surface area (Å²) in [5, 5.41) is 9.79. The first-order chi connectivity index (χ1) is 5.27. The van der Waals surface area contributed by atoms with Gasteiger partial charge in [-0.2, -0.15) is 5.26 Å². The van der Waals surface area contributed by atoms with Gasteiger partial charge in [0.05, 0.1) is 15.6 Å². The van der Waals surface area contributed by atoms with Crippen LogP contribution in [0, 0.1) is 11.3 Å². The molecule has 56 valence electrons. The first kappa shape index (κ1) is 8.38. The van der Waals surface area contributed by atoms with Gasteiger partial charge in [0.25, 0.3) is 0 Å². The summed E-state index contributed by atoms with van der Waals surface area (Å²) >= 11 is 7.15. The zero-order chi connectivity index (χ0) is 8.27. The van der Waals surface area contributed by atoms with E-state index in [4.69, 9.17) is 16.9 Å². The van der Waals surface area contributed by atoms with Gasteiger partial charge in [-0.25, -0.2) is 4.98 Å². The molecule has 11 heavy (non-hydrogen) atoms. The first-order valence-electron chi connectivity index (χ1n) is 2.87. The summed E-state index contributed by atoms with van der Waals surface area (Å²) < 4.78 is 0. The smallest absolute Gasteiger partial charge is 0.101 e. The predicted octanol–water partition coefficient (Wildman–Crippen LogP) is 2.33. The lowest BCUT2D eigenvalue weighted by atomic mass is 10.3. The Kier molecular flexibility index (Phi) is 2.75. The van der Waals surface area contributed by atoms with E-state index in [2.05, 4.69) is 4.98 Å². The minimum absolute atomic E-state index is 0.408. The molecule has 4 heteroatoms.